The Morgan fingerprint density at radius 1 is 1.30 bits per heavy atom. The van der Waals surface area contributed by atoms with Crippen molar-refractivity contribution < 1.29 is 5.11 Å². The first-order chi connectivity index (χ1) is 9.74. The van der Waals surface area contributed by atoms with E-state index in [1.807, 2.05) is 0 Å². The van der Waals surface area contributed by atoms with Crippen LogP contribution in [-0.4, -0.2) is 67.3 Å². The number of aliphatic hydroxyl groups excluding tert-OH is 1. The number of rotatable bonds is 6. The number of benzene rings is 1. The average Bonchev–Trinajstić information content (AvgIpc) is 2.49. The molecule has 4 nitrogen and oxygen atoms in total. The highest BCUT2D eigenvalue weighted by atomic mass is 16.3. The maximum absolute atomic E-state index is 9.50. The molecule has 1 aliphatic heterocycles. The Kier molecular flexibility index (Phi) is 5.98. The lowest BCUT2D eigenvalue weighted by Crippen LogP contribution is -2.52. The van der Waals surface area contributed by atoms with E-state index in [0.717, 1.165) is 32.7 Å². The molecular weight excluding hydrogens is 250 g/mol. The summed E-state index contributed by atoms with van der Waals surface area (Å²) in [6, 6.07) is 11.3. The standard InChI is InChI=1S/C16H27N3O/c1-3-17-15(13-20)11-19-10-9-18(2)12-16(19)14-7-5-4-6-8-14/h4-8,15-17,20H,3,9-13H2,1-2H3. The molecule has 1 aliphatic rings. The predicted molar refractivity (Wildman–Crippen MR) is 82.8 cm³/mol. The van der Waals surface area contributed by atoms with Crippen LogP contribution in [0.1, 0.15) is 18.5 Å². The van der Waals surface area contributed by atoms with E-state index in [-0.39, 0.29) is 12.6 Å². The van der Waals surface area contributed by atoms with Gasteiger partial charge in [-0.2, -0.15) is 0 Å². The fourth-order valence-electron chi connectivity index (χ4n) is 2.93. The molecule has 20 heavy (non-hydrogen) atoms. The third-order valence-corrected chi connectivity index (χ3v) is 4.05. The average molecular weight is 277 g/mol. The number of hydrogen-bond donors (Lipinski definition) is 2. The molecule has 0 radical (unpaired) electrons. The zero-order valence-electron chi connectivity index (χ0n) is 12.6. The van der Waals surface area contributed by atoms with Gasteiger partial charge >= 0.3 is 0 Å². The Labute approximate surface area is 122 Å². The van der Waals surface area contributed by atoms with Crippen LogP contribution in [0.3, 0.4) is 0 Å². The molecule has 1 aromatic rings. The highest BCUT2D eigenvalue weighted by Gasteiger charge is 2.27. The molecule has 0 bridgehead atoms. The maximum Gasteiger partial charge on any atom is 0.0597 e. The van der Waals surface area contributed by atoms with Crippen molar-refractivity contribution in [1.29, 1.82) is 0 Å². The van der Waals surface area contributed by atoms with E-state index < -0.39 is 0 Å². The van der Waals surface area contributed by atoms with Gasteiger partial charge < -0.3 is 15.3 Å². The van der Waals surface area contributed by atoms with Gasteiger partial charge in [-0.15, -0.1) is 0 Å². The van der Waals surface area contributed by atoms with Crippen molar-refractivity contribution in [2.24, 2.45) is 0 Å². The summed E-state index contributed by atoms with van der Waals surface area (Å²) in [7, 11) is 2.18. The van der Waals surface area contributed by atoms with Crippen molar-refractivity contribution in [3.05, 3.63) is 35.9 Å². The molecule has 2 N–H and O–H groups in total. The zero-order chi connectivity index (χ0) is 14.4. The molecular formula is C16H27N3O. The zero-order valence-corrected chi connectivity index (χ0v) is 12.6. The lowest BCUT2D eigenvalue weighted by molar-refractivity contribution is 0.0713. The maximum atomic E-state index is 9.50. The Morgan fingerprint density at radius 3 is 2.70 bits per heavy atom. The van der Waals surface area contributed by atoms with Gasteiger partial charge in [-0.3, -0.25) is 4.90 Å². The Balaban J connectivity index is 2.08. The molecule has 0 spiro atoms. The van der Waals surface area contributed by atoms with Crippen LogP contribution >= 0.6 is 0 Å². The van der Waals surface area contributed by atoms with Crippen LogP contribution in [0.4, 0.5) is 0 Å². The first-order valence-electron chi connectivity index (χ1n) is 7.56. The number of piperazine rings is 1. The Hall–Kier alpha value is -0.940. The lowest BCUT2D eigenvalue weighted by atomic mass is 10.0. The number of nitrogens with one attached hydrogen (secondary N) is 1. The second-order valence-electron chi connectivity index (χ2n) is 5.62. The smallest absolute Gasteiger partial charge is 0.0597 e. The second-order valence-corrected chi connectivity index (χ2v) is 5.62. The third kappa shape index (κ3) is 4.03. The lowest BCUT2D eigenvalue weighted by Gasteiger charge is -2.41. The fourth-order valence-corrected chi connectivity index (χ4v) is 2.93. The third-order valence-electron chi connectivity index (χ3n) is 4.05. The number of hydrogen-bond acceptors (Lipinski definition) is 4. The van der Waals surface area contributed by atoms with Crippen LogP contribution in [0.25, 0.3) is 0 Å². The van der Waals surface area contributed by atoms with E-state index >= 15 is 0 Å². The summed E-state index contributed by atoms with van der Waals surface area (Å²) in [6.07, 6.45) is 0. The SMILES string of the molecule is CCNC(CO)CN1CCN(C)CC1c1ccccc1. The minimum atomic E-state index is 0.162. The summed E-state index contributed by atoms with van der Waals surface area (Å²) in [5.41, 5.74) is 1.37. The molecule has 4 heteroatoms. The van der Waals surface area contributed by atoms with E-state index in [9.17, 15) is 5.11 Å². The summed E-state index contributed by atoms with van der Waals surface area (Å²) in [5, 5.41) is 12.9. The first-order valence-corrected chi connectivity index (χ1v) is 7.56. The molecule has 1 aromatic carbocycles. The fraction of sp³-hybridized carbons (Fsp3) is 0.625. The number of nitrogens with zero attached hydrogens (tertiary/aromatic N) is 2. The van der Waals surface area contributed by atoms with Gasteiger partial charge in [-0.1, -0.05) is 37.3 Å². The van der Waals surface area contributed by atoms with E-state index in [1.54, 1.807) is 0 Å². The largest absolute Gasteiger partial charge is 0.395 e. The van der Waals surface area contributed by atoms with Crippen molar-refractivity contribution in [1.82, 2.24) is 15.1 Å². The summed E-state index contributed by atoms with van der Waals surface area (Å²) in [5.74, 6) is 0. The van der Waals surface area contributed by atoms with Crippen LogP contribution in [0.5, 0.6) is 0 Å². The molecule has 1 saturated heterocycles. The second kappa shape index (κ2) is 7.74. The van der Waals surface area contributed by atoms with E-state index in [4.69, 9.17) is 0 Å². The van der Waals surface area contributed by atoms with Crippen molar-refractivity contribution in [3.63, 3.8) is 0 Å². The minimum Gasteiger partial charge on any atom is -0.395 e. The summed E-state index contributed by atoms with van der Waals surface area (Å²) in [4.78, 5) is 4.88. The molecule has 2 unspecified atom stereocenters. The van der Waals surface area contributed by atoms with Gasteiger partial charge in [0, 0.05) is 38.3 Å². The van der Waals surface area contributed by atoms with Crippen LogP contribution in [0.2, 0.25) is 0 Å². The van der Waals surface area contributed by atoms with Gasteiger partial charge in [0.15, 0.2) is 0 Å². The predicted octanol–water partition coefficient (Wildman–Crippen LogP) is 0.946. The van der Waals surface area contributed by atoms with E-state index in [2.05, 4.69) is 59.4 Å². The van der Waals surface area contributed by atoms with Crippen LogP contribution in [0, 0.1) is 0 Å². The van der Waals surface area contributed by atoms with Gasteiger partial charge in [-0.25, -0.2) is 0 Å². The summed E-state index contributed by atoms with van der Waals surface area (Å²) < 4.78 is 0. The molecule has 2 atom stereocenters. The van der Waals surface area contributed by atoms with Crippen molar-refractivity contribution in [2.45, 2.75) is 19.0 Å². The summed E-state index contributed by atoms with van der Waals surface area (Å²) >= 11 is 0. The van der Waals surface area contributed by atoms with Crippen LogP contribution in [0.15, 0.2) is 30.3 Å². The van der Waals surface area contributed by atoms with Gasteiger partial charge in [0.1, 0.15) is 0 Å². The van der Waals surface area contributed by atoms with Crippen molar-refractivity contribution in [2.75, 3.05) is 46.4 Å². The van der Waals surface area contributed by atoms with Gasteiger partial charge in [0.25, 0.3) is 0 Å². The quantitative estimate of drug-likeness (QED) is 0.812. The monoisotopic (exact) mass is 277 g/mol. The van der Waals surface area contributed by atoms with Gasteiger partial charge in [-0.05, 0) is 19.2 Å². The molecule has 0 aliphatic carbocycles. The van der Waals surface area contributed by atoms with Crippen LogP contribution in [-0.2, 0) is 0 Å². The number of likely N-dealkylation sites (N-methyl/N-ethyl adjacent to an activating group) is 2. The molecule has 2 rings (SSSR count). The Morgan fingerprint density at radius 2 is 2.05 bits per heavy atom. The van der Waals surface area contributed by atoms with Crippen molar-refractivity contribution >= 4 is 0 Å². The Bertz CT molecular complexity index is 385. The molecule has 0 amide bonds. The molecule has 1 heterocycles. The van der Waals surface area contributed by atoms with E-state index in [0.29, 0.717) is 6.04 Å². The normalized spacial score (nSPS) is 22.9. The first kappa shape index (κ1) is 15.4. The van der Waals surface area contributed by atoms with Gasteiger partial charge in [0.2, 0.25) is 0 Å². The topological polar surface area (TPSA) is 38.7 Å². The van der Waals surface area contributed by atoms with E-state index in [1.165, 1.54) is 5.56 Å². The molecule has 0 aromatic heterocycles. The van der Waals surface area contributed by atoms with Gasteiger partial charge in [0.05, 0.1) is 6.61 Å². The highest BCUT2D eigenvalue weighted by Crippen LogP contribution is 2.24. The van der Waals surface area contributed by atoms with Crippen LogP contribution < -0.4 is 5.32 Å². The number of aliphatic hydroxyl groups is 1. The molecule has 1 fully saturated rings. The molecule has 112 valence electrons. The highest BCUT2D eigenvalue weighted by molar-refractivity contribution is 5.20. The minimum absolute atomic E-state index is 0.162. The summed E-state index contributed by atoms with van der Waals surface area (Å²) in [6.45, 7) is 7.27. The van der Waals surface area contributed by atoms with Crippen molar-refractivity contribution in [3.8, 4) is 0 Å². The molecule has 0 saturated carbocycles.